The largest absolute Gasteiger partial charge is 0.310 e. The maximum Gasteiger partial charge on any atom is 0.124 e. The Morgan fingerprint density at radius 1 is 1.35 bits per heavy atom. The summed E-state index contributed by atoms with van der Waals surface area (Å²) in [5, 5.41) is 8.18. The zero-order valence-corrected chi connectivity index (χ0v) is 12.7. The molecule has 2 aromatic rings. The minimum absolute atomic E-state index is 0.322. The van der Waals surface area contributed by atoms with Crippen LogP contribution in [-0.2, 0) is 13.1 Å². The van der Waals surface area contributed by atoms with Crippen molar-refractivity contribution in [1.82, 2.24) is 15.1 Å². The van der Waals surface area contributed by atoms with Gasteiger partial charge in [-0.05, 0) is 24.6 Å². The van der Waals surface area contributed by atoms with E-state index in [1.807, 2.05) is 17.8 Å². The van der Waals surface area contributed by atoms with E-state index in [9.17, 15) is 4.39 Å². The van der Waals surface area contributed by atoms with Crippen LogP contribution >= 0.6 is 11.6 Å². The third kappa shape index (κ3) is 3.58. The Hall–Kier alpha value is -1.39. The van der Waals surface area contributed by atoms with Gasteiger partial charge in [0.2, 0.25) is 0 Å². The van der Waals surface area contributed by atoms with Crippen LogP contribution in [0.3, 0.4) is 0 Å². The molecule has 0 amide bonds. The molecule has 20 heavy (non-hydrogen) atoms. The van der Waals surface area contributed by atoms with E-state index in [1.54, 1.807) is 6.07 Å². The van der Waals surface area contributed by atoms with E-state index in [0.29, 0.717) is 17.6 Å². The molecule has 0 saturated heterocycles. The quantitative estimate of drug-likeness (QED) is 0.914. The van der Waals surface area contributed by atoms with Crippen molar-refractivity contribution < 1.29 is 4.39 Å². The minimum atomic E-state index is -0.322. The van der Waals surface area contributed by atoms with E-state index >= 15 is 0 Å². The van der Waals surface area contributed by atoms with Crippen LogP contribution < -0.4 is 5.32 Å². The van der Waals surface area contributed by atoms with E-state index in [4.69, 9.17) is 11.6 Å². The van der Waals surface area contributed by atoms with Crippen molar-refractivity contribution in [2.24, 2.45) is 0 Å². The van der Waals surface area contributed by atoms with Gasteiger partial charge in [0.05, 0.1) is 12.7 Å². The molecule has 1 aromatic carbocycles. The molecule has 0 aliphatic carbocycles. The van der Waals surface area contributed by atoms with Crippen LogP contribution in [-0.4, -0.2) is 15.8 Å². The third-order valence-corrected chi connectivity index (χ3v) is 3.59. The van der Waals surface area contributed by atoms with Crippen LogP contribution in [0.2, 0.25) is 5.02 Å². The Morgan fingerprint density at radius 2 is 2.10 bits per heavy atom. The van der Waals surface area contributed by atoms with Gasteiger partial charge in [0, 0.05) is 28.9 Å². The molecule has 0 radical (unpaired) electrons. The smallest absolute Gasteiger partial charge is 0.124 e. The average molecular weight is 296 g/mol. The minimum Gasteiger partial charge on any atom is -0.310 e. The molecule has 5 heteroatoms. The molecule has 108 valence electrons. The molecule has 1 heterocycles. The second-order valence-corrected chi connectivity index (χ2v) is 5.59. The summed E-state index contributed by atoms with van der Waals surface area (Å²) in [6.45, 7) is 7.59. The molecule has 0 atom stereocenters. The summed E-state index contributed by atoms with van der Waals surface area (Å²) in [5.41, 5.74) is 3.12. The SMILES string of the molecule is Cc1c(CNC(C)C)cnn1Cc1ccc(F)cc1Cl. The number of nitrogens with zero attached hydrogens (tertiary/aromatic N) is 2. The van der Waals surface area contributed by atoms with E-state index in [1.165, 1.54) is 12.1 Å². The van der Waals surface area contributed by atoms with E-state index in [-0.39, 0.29) is 5.82 Å². The van der Waals surface area contributed by atoms with Crippen molar-refractivity contribution in [3.8, 4) is 0 Å². The standard InChI is InChI=1S/C15H19ClFN3/c1-10(2)18-7-13-8-19-20(11(13)3)9-12-4-5-14(17)6-15(12)16/h4-6,8,10,18H,7,9H2,1-3H3. The Balaban J connectivity index is 2.14. The predicted molar refractivity (Wildman–Crippen MR) is 79.5 cm³/mol. The number of halogens is 2. The molecule has 0 aliphatic heterocycles. The highest BCUT2D eigenvalue weighted by atomic mass is 35.5. The number of hydrogen-bond acceptors (Lipinski definition) is 2. The molecule has 1 N–H and O–H groups in total. The summed E-state index contributed by atoms with van der Waals surface area (Å²) in [6, 6.07) is 4.88. The first kappa shape index (κ1) is 15.0. The summed E-state index contributed by atoms with van der Waals surface area (Å²) in [7, 11) is 0. The Labute approximate surface area is 123 Å². The summed E-state index contributed by atoms with van der Waals surface area (Å²) in [4.78, 5) is 0. The van der Waals surface area contributed by atoms with Gasteiger partial charge in [-0.15, -0.1) is 0 Å². The normalized spacial score (nSPS) is 11.3. The summed E-state index contributed by atoms with van der Waals surface area (Å²) < 4.78 is 14.9. The second-order valence-electron chi connectivity index (χ2n) is 5.18. The van der Waals surface area contributed by atoms with Crippen molar-refractivity contribution in [2.75, 3.05) is 0 Å². The summed E-state index contributed by atoms with van der Waals surface area (Å²) in [5.74, 6) is -0.322. The molecule has 0 bridgehead atoms. The second kappa shape index (κ2) is 6.37. The fourth-order valence-electron chi connectivity index (χ4n) is 1.94. The molecule has 0 unspecified atom stereocenters. The summed E-state index contributed by atoms with van der Waals surface area (Å²) in [6.07, 6.45) is 1.86. The van der Waals surface area contributed by atoms with Crippen molar-refractivity contribution >= 4 is 11.6 Å². The van der Waals surface area contributed by atoms with Gasteiger partial charge in [-0.3, -0.25) is 4.68 Å². The molecule has 0 aliphatic rings. The maximum atomic E-state index is 13.0. The Bertz CT molecular complexity index is 593. The van der Waals surface area contributed by atoms with Crippen molar-refractivity contribution in [3.05, 3.63) is 52.1 Å². The molecule has 0 saturated carbocycles. The zero-order chi connectivity index (χ0) is 14.7. The molecular formula is C15H19ClFN3. The van der Waals surface area contributed by atoms with Crippen molar-refractivity contribution in [3.63, 3.8) is 0 Å². The molecule has 3 nitrogen and oxygen atoms in total. The molecule has 2 rings (SSSR count). The number of hydrogen-bond donors (Lipinski definition) is 1. The van der Waals surface area contributed by atoms with Crippen LogP contribution in [0, 0.1) is 12.7 Å². The van der Waals surface area contributed by atoms with E-state index < -0.39 is 0 Å². The highest BCUT2D eigenvalue weighted by Crippen LogP contribution is 2.19. The van der Waals surface area contributed by atoms with Gasteiger partial charge in [0.1, 0.15) is 5.82 Å². The monoisotopic (exact) mass is 295 g/mol. The highest BCUT2D eigenvalue weighted by molar-refractivity contribution is 6.31. The average Bonchev–Trinajstić information content (AvgIpc) is 2.72. The number of benzene rings is 1. The molecule has 0 spiro atoms. The fourth-order valence-corrected chi connectivity index (χ4v) is 2.17. The van der Waals surface area contributed by atoms with Gasteiger partial charge in [0.25, 0.3) is 0 Å². The third-order valence-electron chi connectivity index (χ3n) is 3.24. The van der Waals surface area contributed by atoms with Gasteiger partial charge in [0.15, 0.2) is 0 Å². The predicted octanol–water partition coefficient (Wildman–Crippen LogP) is 3.53. The van der Waals surface area contributed by atoms with Gasteiger partial charge in [-0.25, -0.2) is 4.39 Å². The van der Waals surface area contributed by atoms with E-state index in [0.717, 1.165) is 23.4 Å². The van der Waals surface area contributed by atoms with Crippen molar-refractivity contribution in [2.45, 2.75) is 39.9 Å². The molecular weight excluding hydrogens is 277 g/mol. The first-order chi connectivity index (χ1) is 9.47. The maximum absolute atomic E-state index is 13.0. The van der Waals surface area contributed by atoms with Crippen LogP contribution in [0.5, 0.6) is 0 Å². The lowest BCUT2D eigenvalue weighted by atomic mass is 10.2. The number of aromatic nitrogens is 2. The topological polar surface area (TPSA) is 29.9 Å². The highest BCUT2D eigenvalue weighted by Gasteiger charge is 2.09. The lowest BCUT2D eigenvalue weighted by Crippen LogP contribution is -2.22. The van der Waals surface area contributed by atoms with Gasteiger partial charge < -0.3 is 5.32 Å². The first-order valence-electron chi connectivity index (χ1n) is 6.66. The molecule has 1 aromatic heterocycles. The zero-order valence-electron chi connectivity index (χ0n) is 12.0. The van der Waals surface area contributed by atoms with Crippen LogP contribution in [0.1, 0.15) is 30.7 Å². The lowest BCUT2D eigenvalue weighted by Gasteiger charge is -2.09. The van der Waals surface area contributed by atoms with Gasteiger partial charge in [-0.1, -0.05) is 31.5 Å². The lowest BCUT2D eigenvalue weighted by molar-refractivity contribution is 0.585. The Morgan fingerprint density at radius 3 is 2.75 bits per heavy atom. The Kier molecular flexibility index (Phi) is 4.78. The summed E-state index contributed by atoms with van der Waals surface area (Å²) >= 11 is 6.05. The first-order valence-corrected chi connectivity index (χ1v) is 7.03. The molecule has 0 fully saturated rings. The number of rotatable bonds is 5. The fraction of sp³-hybridized carbons (Fsp3) is 0.400. The van der Waals surface area contributed by atoms with Crippen LogP contribution in [0.25, 0.3) is 0 Å². The van der Waals surface area contributed by atoms with Crippen molar-refractivity contribution in [1.29, 1.82) is 0 Å². The van der Waals surface area contributed by atoms with E-state index in [2.05, 4.69) is 24.3 Å². The van der Waals surface area contributed by atoms with Crippen LogP contribution in [0.15, 0.2) is 24.4 Å². The van der Waals surface area contributed by atoms with Gasteiger partial charge >= 0.3 is 0 Å². The van der Waals surface area contributed by atoms with Crippen LogP contribution in [0.4, 0.5) is 4.39 Å². The number of nitrogens with one attached hydrogen (secondary N) is 1. The van der Waals surface area contributed by atoms with Gasteiger partial charge in [-0.2, -0.15) is 5.10 Å².